The number of ether oxygens (including phenoxy) is 2. The molecule has 0 saturated heterocycles. The lowest BCUT2D eigenvalue weighted by Gasteiger charge is -2.15. The van der Waals surface area contributed by atoms with E-state index in [9.17, 15) is 5.11 Å². The minimum absolute atomic E-state index is 0.208. The van der Waals surface area contributed by atoms with Crippen LogP contribution in [-0.2, 0) is 0 Å². The maximum Gasteiger partial charge on any atom is 0.231 e. The van der Waals surface area contributed by atoms with Crippen LogP contribution in [0, 0.1) is 13.8 Å². The van der Waals surface area contributed by atoms with Gasteiger partial charge in [-0.3, -0.25) is 0 Å². The van der Waals surface area contributed by atoms with E-state index in [1.54, 1.807) is 0 Å². The third kappa shape index (κ3) is 1.56. The molecule has 82 valence electrons. The first-order valence-electron chi connectivity index (χ1n) is 4.93. The molecule has 1 aliphatic heterocycles. The van der Waals surface area contributed by atoms with Gasteiger partial charge in [-0.1, -0.05) is 0 Å². The van der Waals surface area contributed by atoms with Crippen LogP contribution in [0.15, 0.2) is 6.07 Å². The van der Waals surface area contributed by atoms with Gasteiger partial charge in [0.1, 0.15) is 0 Å². The number of aliphatic hydroxyl groups is 1. The zero-order valence-electron chi connectivity index (χ0n) is 8.91. The van der Waals surface area contributed by atoms with Crippen LogP contribution >= 0.6 is 0 Å². The Morgan fingerprint density at radius 1 is 1.40 bits per heavy atom. The SMILES string of the molecule is Cc1c(C(O)CN)cc2c(c1C)OCO2. The molecule has 0 aliphatic carbocycles. The average Bonchev–Trinajstić information content (AvgIpc) is 2.70. The molecule has 3 N–H and O–H groups in total. The lowest BCUT2D eigenvalue weighted by atomic mass is 9.97. The number of hydrogen-bond donors (Lipinski definition) is 2. The fourth-order valence-electron chi connectivity index (χ4n) is 1.80. The van der Waals surface area contributed by atoms with Crippen molar-refractivity contribution in [2.75, 3.05) is 13.3 Å². The first-order valence-corrected chi connectivity index (χ1v) is 4.93. The van der Waals surface area contributed by atoms with Crippen LogP contribution in [0.5, 0.6) is 11.5 Å². The smallest absolute Gasteiger partial charge is 0.231 e. The molecule has 0 aromatic heterocycles. The molecular weight excluding hydrogens is 194 g/mol. The Hall–Kier alpha value is -1.26. The van der Waals surface area contributed by atoms with E-state index in [0.29, 0.717) is 5.75 Å². The molecule has 1 atom stereocenters. The van der Waals surface area contributed by atoms with Gasteiger partial charge in [-0.15, -0.1) is 0 Å². The largest absolute Gasteiger partial charge is 0.454 e. The molecule has 0 amide bonds. The molecule has 4 nitrogen and oxygen atoms in total. The lowest BCUT2D eigenvalue weighted by Crippen LogP contribution is -2.13. The topological polar surface area (TPSA) is 64.7 Å². The Balaban J connectivity index is 2.54. The molecule has 1 heterocycles. The molecular formula is C11H15NO3. The van der Waals surface area contributed by atoms with Crippen LogP contribution in [0.3, 0.4) is 0 Å². The molecule has 15 heavy (non-hydrogen) atoms. The van der Waals surface area contributed by atoms with Crippen LogP contribution in [0.25, 0.3) is 0 Å². The van der Waals surface area contributed by atoms with Crippen molar-refractivity contribution >= 4 is 0 Å². The minimum Gasteiger partial charge on any atom is -0.454 e. The zero-order valence-corrected chi connectivity index (χ0v) is 8.91. The Bertz CT molecular complexity index is 390. The Morgan fingerprint density at radius 3 is 2.80 bits per heavy atom. The summed E-state index contributed by atoms with van der Waals surface area (Å²) in [5.74, 6) is 1.47. The van der Waals surface area contributed by atoms with E-state index in [1.165, 1.54) is 0 Å². The van der Waals surface area contributed by atoms with E-state index in [4.69, 9.17) is 15.2 Å². The summed E-state index contributed by atoms with van der Waals surface area (Å²) in [6.45, 7) is 4.36. The number of benzene rings is 1. The molecule has 0 radical (unpaired) electrons. The van der Waals surface area contributed by atoms with E-state index >= 15 is 0 Å². The van der Waals surface area contributed by atoms with Gasteiger partial charge in [0.2, 0.25) is 6.79 Å². The van der Waals surface area contributed by atoms with Crippen LogP contribution in [-0.4, -0.2) is 18.4 Å². The molecule has 0 bridgehead atoms. The Kier molecular flexibility index (Phi) is 2.54. The van der Waals surface area contributed by atoms with Crippen LogP contribution in [0.1, 0.15) is 22.8 Å². The van der Waals surface area contributed by atoms with Crippen molar-refractivity contribution in [1.29, 1.82) is 0 Å². The van der Waals surface area contributed by atoms with Gasteiger partial charge in [0.25, 0.3) is 0 Å². The third-order valence-electron chi connectivity index (χ3n) is 2.85. The Labute approximate surface area is 88.6 Å². The zero-order chi connectivity index (χ0) is 11.0. The van der Waals surface area contributed by atoms with Gasteiger partial charge in [-0.05, 0) is 36.6 Å². The normalized spacial score (nSPS) is 15.5. The number of hydrogen-bond acceptors (Lipinski definition) is 4. The molecule has 0 spiro atoms. The summed E-state index contributed by atoms with van der Waals surface area (Å²) >= 11 is 0. The summed E-state index contributed by atoms with van der Waals surface area (Å²) < 4.78 is 10.6. The first kappa shape index (κ1) is 10.3. The van der Waals surface area contributed by atoms with Crippen molar-refractivity contribution in [2.45, 2.75) is 20.0 Å². The monoisotopic (exact) mass is 209 g/mol. The van der Waals surface area contributed by atoms with E-state index in [1.807, 2.05) is 19.9 Å². The molecule has 1 aliphatic rings. The molecule has 2 rings (SSSR count). The lowest BCUT2D eigenvalue weighted by molar-refractivity contribution is 0.172. The van der Waals surface area contributed by atoms with Crippen LogP contribution in [0.2, 0.25) is 0 Å². The van der Waals surface area contributed by atoms with Crippen molar-refractivity contribution < 1.29 is 14.6 Å². The average molecular weight is 209 g/mol. The summed E-state index contributed by atoms with van der Waals surface area (Å²) in [5, 5.41) is 9.74. The second kappa shape index (κ2) is 3.72. The van der Waals surface area contributed by atoms with Crippen molar-refractivity contribution in [1.82, 2.24) is 0 Å². The number of aliphatic hydroxyl groups excluding tert-OH is 1. The molecule has 4 heteroatoms. The number of nitrogens with two attached hydrogens (primary N) is 1. The maximum atomic E-state index is 9.74. The molecule has 0 saturated carbocycles. The van der Waals surface area contributed by atoms with Crippen molar-refractivity contribution in [2.24, 2.45) is 5.73 Å². The molecule has 1 aromatic rings. The van der Waals surface area contributed by atoms with Crippen molar-refractivity contribution in [3.05, 3.63) is 22.8 Å². The second-order valence-corrected chi connectivity index (χ2v) is 3.70. The highest BCUT2D eigenvalue weighted by molar-refractivity contribution is 5.55. The summed E-state index contributed by atoms with van der Waals surface area (Å²) in [5.41, 5.74) is 8.28. The van der Waals surface area contributed by atoms with Gasteiger partial charge < -0.3 is 20.3 Å². The fraction of sp³-hybridized carbons (Fsp3) is 0.455. The first-order chi connectivity index (χ1) is 7.15. The number of fused-ring (bicyclic) bond motifs is 1. The summed E-state index contributed by atoms with van der Waals surface area (Å²) in [6, 6.07) is 1.81. The van der Waals surface area contributed by atoms with Gasteiger partial charge in [-0.25, -0.2) is 0 Å². The molecule has 1 aromatic carbocycles. The van der Waals surface area contributed by atoms with Crippen LogP contribution < -0.4 is 15.2 Å². The highest BCUT2D eigenvalue weighted by Crippen LogP contribution is 2.40. The van der Waals surface area contributed by atoms with Gasteiger partial charge >= 0.3 is 0 Å². The van der Waals surface area contributed by atoms with Crippen molar-refractivity contribution in [3.63, 3.8) is 0 Å². The summed E-state index contributed by atoms with van der Waals surface area (Å²) in [7, 11) is 0. The summed E-state index contributed by atoms with van der Waals surface area (Å²) in [6.07, 6.45) is -0.641. The quantitative estimate of drug-likeness (QED) is 0.763. The predicted molar refractivity (Wildman–Crippen MR) is 56.1 cm³/mol. The maximum absolute atomic E-state index is 9.74. The van der Waals surface area contributed by atoms with Gasteiger partial charge in [0.05, 0.1) is 6.10 Å². The van der Waals surface area contributed by atoms with Gasteiger partial charge in [0.15, 0.2) is 11.5 Å². The summed E-state index contributed by atoms with van der Waals surface area (Å²) in [4.78, 5) is 0. The predicted octanol–water partition coefficient (Wildman–Crippen LogP) is 1.02. The molecule has 1 unspecified atom stereocenters. The fourth-order valence-corrected chi connectivity index (χ4v) is 1.80. The minimum atomic E-state index is -0.641. The van der Waals surface area contributed by atoms with E-state index in [2.05, 4.69) is 0 Å². The van der Waals surface area contributed by atoms with Crippen molar-refractivity contribution in [3.8, 4) is 11.5 Å². The van der Waals surface area contributed by atoms with Gasteiger partial charge in [-0.2, -0.15) is 0 Å². The Morgan fingerprint density at radius 2 is 2.13 bits per heavy atom. The second-order valence-electron chi connectivity index (χ2n) is 3.70. The molecule has 0 fully saturated rings. The highest BCUT2D eigenvalue weighted by atomic mass is 16.7. The number of rotatable bonds is 2. The standard InChI is InChI=1S/C11H15NO3/c1-6-7(2)11-10(14-5-15-11)3-8(6)9(13)4-12/h3,9,13H,4-5,12H2,1-2H3. The van der Waals surface area contributed by atoms with Crippen LogP contribution in [0.4, 0.5) is 0 Å². The van der Waals surface area contributed by atoms with E-state index in [0.717, 1.165) is 22.4 Å². The van der Waals surface area contributed by atoms with Gasteiger partial charge in [0, 0.05) is 6.54 Å². The van der Waals surface area contributed by atoms with E-state index < -0.39 is 6.10 Å². The third-order valence-corrected chi connectivity index (χ3v) is 2.85. The van der Waals surface area contributed by atoms with E-state index in [-0.39, 0.29) is 13.3 Å². The highest BCUT2D eigenvalue weighted by Gasteiger charge is 2.22.